The van der Waals surface area contributed by atoms with Crippen LogP contribution in [0.4, 0.5) is 4.39 Å². The van der Waals surface area contributed by atoms with Crippen LogP contribution in [0.15, 0.2) is 53.5 Å². The van der Waals surface area contributed by atoms with Gasteiger partial charge in [0.05, 0.1) is 5.71 Å². The van der Waals surface area contributed by atoms with E-state index in [-0.39, 0.29) is 25.1 Å². The van der Waals surface area contributed by atoms with Crippen molar-refractivity contribution >= 4 is 27.0 Å². The zero-order valence-corrected chi connectivity index (χ0v) is 18.3. The topological polar surface area (TPSA) is 114 Å². The van der Waals surface area contributed by atoms with Crippen LogP contribution in [0.3, 0.4) is 0 Å². The summed E-state index contributed by atoms with van der Waals surface area (Å²) >= 11 is 0. The zero-order chi connectivity index (χ0) is 22.9. The third-order valence-electron chi connectivity index (χ3n) is 5.92. The first-order chi connectivity index (χ1) is 14.6. The lowest BCUT2D eigenvalue weighted by Crippen LogP contribution is -2.51. The number of sulfone groups is 1. The summed E-state index contributed by atoms with van der Waals surface area (Å²) in [6, 6.07) is 9.11. The van der Waals surface area contributed by atoms with E-state index in [1.807, 2.05) is 30.3 Å². The van der Waals surface area contributed by atoms with Crippen LogP contribution in [0.5, 0.6) is 0 Å². The summed E-state index contributed by atoms with van der Waals surface area (Å²) in [5.74, 6) is -1.44. The maximum Gasteiger partial charge on any atom is 0.264 e. The van der Waals surface area contributed by atoms with Crippen LogP contribution in [-0.2, 0) is 24.2 Å². The molecule has 10 heteroatoms. The van der Waals surface area contributed by atoms with Crippen molar-refractivity contribution in [1.29, 1.82) is 0 Å². The predicted octanol–water partition coefficient (Wildman–Crippen LogP) is 2.56. The van der Waals surface area contributed by atoms with E-state index in [2.05, 4.69) is 5.16 Å². The molecule has 0 spiro atoms. The van der Waals surface area contributed by atoms with Crippen molar-refractivity contribution in [3.05, 3.63) is 53.9 Å². The minimum absolute atomic E-state index is 0.0976. The molecule has 3 rings (SSSR count). The van der Waals surface area contributed by atoms with Crippen LogP contribution in [0.1, 0.15) is 31.7 Å². The molecule has 0 fully saturated rings. The molecule has 1 aliphatic carbocycles. The Morgan fingerprint density at radius 2 is 2.10 bits per heavy atom. The summed E-state index contributed by atoms with van der Waals surface area (Å²) in [6.07, 6.45) is 3.27. The van der Waals surface area contributed by atoms with Gasteiger partial charge in [0.25, 0.3) is 5.91 Å². The van der Waals surface area contributed by atoms with Gasteiger partial charge >= 0.3 is 0 Å². The van der Waals surface area contributed by atoms with Crippen molar-refractivity contribution in [2.75, 3.05) is 13.4 Å². The lowest BCUT2D eigenvalue weighted by atomic mass is 9.82. The lowest BCUT2D eigenvalue weighted by molar-refractivity contribution is -0.132. The average molecular weight is 453 g/mol. The second-order valence-corrected chi connectivity index (χ2v) is 10.4. The Morgan fingerprint density at radius 3 is 2.65 bits per heavy atom. The van der Waals surface area contributed by atoms with E-state index in [1.165, 1.54) is 19.5 Å². The lowest BCUT2D eigenvalue weighted by Gasteiger charge is -2.32. The van der Waals surface area contributed by atoms with Gasteiger partial charge in [-0.25, -0.2) is 18.3 Å². The van der Waals surface area contributed by atoms with Gasteiger partial charge in [-0.15, -0.1) is 0 Å². The van der Waals surface area contributed by atoms with Gasteiger partial charge in [-0.2, -0.15) is 0 Å². The minimum atomic E-state index is -3.89. The monoisotopic (exact) mass is 452 g/mol. The Morgan fingerprint density at radius 1 is 1.42 bits per heavy atom. The zero-order valence-electron chi connectivity index (χ0n) is 17.5. The van der Waals surface area contributed by atoms with Gasteiger partial charge in [-0.1, -0.05) is 41.6 Å². The van der Waals surface area contributed by atoms with E-state index in [4.69, 9.17) is 14.8 Å². The summed E-state index contributed by atoms with van der Waals surface area (Å²) in [7, 11) is -2.46. The maximum atomic E-state index is 15.0. The molecule has 1 unspecified atom stereocenters. The third-order valence-corrected chi connectivity index (χ3v) is 7.91. The van der Waals surface area contributed by atoms with E-state index in [0.29, 0.717) is 11.3 Å². The van der Waals surface area contributed by atoms with Crippen LogP contribution in [0.25, 0.3) is 5.57 Å². The Balaban J connectivity index is 1.79. The number of hydrogen-bond acceptors (Lipinski definition) is 7. The van der Waals surface area contributed by atoms with E-state index in [0.717, 1.165) is 11.8 Å². The Hall–Kier alpha value is -2.56. The number of carbonyl (C=O) groups is 1. The molecule has 1 heterocycles. The van der Waals surface area contributed by atoms with Crippen molar-refractivity contribution in [3.8, 4) is 0 Å². The molecule has 1 aromatic rings. The fourth-order valence-corrected chi connectivity index (χ4v) is 4.64. The molecule has 0 aromatic heterocycles. The van der Waals surface area contributed by atoms with E-state index in [1.54, 1.807) is 12.2 Å². The van der Waals surface area contributed by atoms with Crippen molar-refractivity contribution in [2.45, 2.75) is 42.6 Å². The third kappa shape index (κ3) is 4.28. The van der Waals surface area contributed by atoms with Gasteiger partial charge in [-0.05, 0) is 18.6 Å². The van der Waals surface area contributed by atoms with E-state index >= 15 is 4.39 Å². The second-order valence-electron chi connectivity index (χ2n) is 7.91. The number of carbonyl (C=O) groups excluding carboxylic acids is 1. The average Bonchev–Trinajstić information content (AvgIpc) is 3.21. The standard InChI is InChI=1S/C21H25FN2O6S/c1-20(19(25)23-26,31(3,27)28)12-15-11-18(24-30-15)21(29-2)10-9-16(17(22)13-21)14-7-5-4-6-8-14/h4-10,15,26H,11-13H2,1-3H3,(H,23,25)/t15-,20-,21?/m1/s1. The number of nitrogens with one attached hydrogen (secondary N) is 1. The van der Waals surface area contributed by atoms with Gasteiger partial charge < -0.3 is 9.57 Å². The van der Waals surface area contributed by atoms with E-state index < -0.39 is 32.2 Å². The number of amides is 1. The Labute approximate surface area is 180 Å². The number of oxime groups is 1. The van der Waals surface area contributed by atoms with Crippen LogP contribution < -0.4 is 5.48 Å². The minimum Gasteiger partial charge on any atom is -0.392 e. The van der Waals surface area contributed by atoms with Gasteiger partial charge in [0.1, 0.15) is 17.5 Å². The number of hydrogen-bond donors (Lipinski definition) is 2. The highest BCUT2D eigenvalue weighted by Crippen LogP contribution is 2.39. The first-order valence-electron chi connectivity index (χ1n) is 9.62. The molecule has 3 atom stereocenters. The largest absolute Gasteiger partial charge is 0.392 e. The number of hydroxylamine groups is 1. The summed E-state index contributed by atoms with van der Waals surface area (Å²) in [4.78, 5) is 17.4. The molecule has 0 saturated carbocycles. The molecule has 168 valence electrons. The molecule has 2 aliphatic rings. The first-order valence-corrected chi connectivity index (χ1v) is 11.5. The summed E-state index contributed by atoms with van der Waals surface area (Å²) in [6.45, 7) is 1.20. The SMILES string of the molecule is COC1(C2=NO[C@@H](C[C@](C)(C(=O)NO)S(C)(=O)=O)C2)C=CC(c2ccccc2)=C(F)C1. The molecule has 1 aliphatic heterocycles. The number of halogens is 1. The fourth-order valence-electron chi connectivity index (χ4n) is 3.77. The van der Waals surface area contributed by atoms with Gasteiger partial charge in [0, 0.05) is 38.2 Å². The fraction of sp³-hybridized carbons (Fsp3) is 0.429. The highest BCUT2D eigenvalue weighted by Gasteiger charge is 2.49. The molecule has 0 saturated heterocycles. The van der Waals surface area contributed by atoms with Crippen LogP contribution >= 0.6 is 0 Å². The number of methoxy groups -OCH3 is 1. The number of allylic oxidation sites excluding steroid dienone is 2. The molecule has 1 aromatic carbocycles. The van der Waals surface area contributed by atoms with Crippen molar-refractivity contribution in [1.82, 2.24) is 5.48 Å². The molecule has 2 N–H and O–H groups in total. The quantitative estimate of drug-likeness (QED) is 0.485. The molecule has 0 radical (unpaired) electrons. The molecule has 8 nitrogen and oxygen atoms in total. The molecule has 31 heavy (non-hydrogen) atoms. The van der Waals surface area contributed by atoms with Crippen LogP contribution in [-0.4, -0.2) is 55.1 Å². The maximum absolute atomic E-state index is 15.0. The number of benzene rings is 1. The second kappa shape index (κ2) is 8.52. The number of nitrogens with zero attached hydrogens (tertiary/aromatic N) is 1. The summed E-state index contributed by atoms with van der Waals surface area (Å²) in [5, 5.41) is 13.0. The Kier molecular flexibility index (Phi) is 6.35. The van der Waals surface area contributed by atoms with Crippen molar-refractivity contribution in [2.24, 2.45) is 5.16 Å². The number of rotatable bonds is 7. The van der Waals surface area contributed by atoms with Crippen LogP contribution in [0.2, 0.25) is 0 Å². The smallest absolute Gasteiger partial charge is 0.264 e. The predicted molar refractivity (Wildman–Crippen MR) is 113 cm³/mol. The van der Waals surface area contributed by atoms with Crippen molar-refractivity contribution < 1.29 is 32.4 Å². The normalized spacial score (nSPS) is 25.6. The Bertz CT molecular complexity index is 1050. The summed E-state index contributed by atoms with van der Waals surface area (Å²) in [5.41, 5.74) is 1.80. The molecular weight excluding hydrogens is 427 g/mol. The van der Waals surface area contributed by atoms with Crippen LogP contribution in [0, 0.1) is 0 Å². The first kappa shape index (κ1) is 23.1. The summed E-state index contributed by atoms with van der Waals surface area (Å²) < 4.78 is 43.1. The molecule has 1 amide bonds. The van der Waals surface area contributed by atoms with Crippen molar-refractivity contribution in [3.63, 3.8) is 0 Å². The van der Waals surface area contributed by atoms with E-state index in [9.17, 15) is 13.2 Å². The van der Waals surface area contributed by atoms with Gasteiger partial charge in [-0.3, -0.25) is 10.0 Å². The highest BCUT2D eigenvalue weighted by molar-refractivity contribution is 7.92. The molecular formula is C21H25FN2O6S. The van der Waals surface area contributed by atoms with Gasteiger partial charge in [0.15, 0.2) is 14.6 Å². The highest BCUT2D eigenvalue weighted by atomic mass is 32.2. The number of ether oxygens (including phenoxy) is 1. The molecule has 0 bridgehead atoms. The van der Waals surface area contributed by atoms with Gasteiger partial charge in [0.2, 0.25) is 0 Å².